The molecule has 2 aromatic carbocycles. The standard InChI is InChI=1S/C22H16F2N6O3S2/c23-21(24)35-18-8-6-16(7-9-18)29-20(14-3-2-10-25-12-14)27-28-22(29)34-13-19(31)26-15-4-1-5-17(11-15)30(32)33/h1-12,21H,13H2,(H,26,31). The molecule has 0 unspecified atom stereocenters. The number of amides is 1. The maximum Gasteiger partial charge on any atom is 0.288 e. The number of hydrogen-bond acceptors (Lipinski definition) is 8. The van der Waals surface area contributed by atoms with E-state index in [1.54, 1.807) is 59.4 Å². The first-order valence-electron chi connectivity index (χ1n) is 9.99. The molecule has 0 saturated heterocycles. The highest BCUT2D eigenvalue weighted by molar-refractivity contribution is 8.00. The minimum atomic E-state index is -2.53. The first-order valence-corrected chi connectivity index (χ1v) is 11.9. The van der Waals surface area contributed by atoms with Gasteiger partial charge in [-0.05, 0) is 42.5 Å². The lowest BCUT2D eigenvalue weighted by molar-refractivity contribution is -0.384. The number of benzene rings is 2. The molecule has 4 rings (SSSR count). The molecule has 0 spiro atoms. The zero-order valence-corrected chi connectivity index (χ0v) is 19.4. The largest absolute Gasteiger partial charge is 0.325 e. The number of pyridine rings is 1. The molecule has 0 aliphatic carbocycles. The average molecular weight is 515 g/mol. The third-order valence-electron chi connectivity index (χ3n) is 4.55. The molecule has 178 valence electrons. The number of anilines is 1. The minimum Gasteiger partial charge on any atom is -0.325 e. The summed E-state index contributed by atoms with van der Waals surface area (Å²) < 4.78 is 27.1. The Morgan fingerprint density at radius 1 is 1.11 bits per heavy atom. The van der Waals surface area contributed by atoms with Gasteiger partial charge in [-0.3, -0.25) is 24.5 Å². The fourth-order valence-electron chi connectivity index (χ4n) is 3.08. The van der Waals surface area contributed by atoms with Crippen LogP contribution in [0.3, 0.4) is 0 Å². The predicted molar refractivity (Wildman–Crippen MR) is 129 cm³/mol. The number of nitrogens with one attached hydrogen (secondary N) is 1. The average Bonchev–Trinajstić information content (AvgIpc) is 3.27. The Morgan fingerprint density at radius 2 is 1.91 bits per heavy atom. The molecule has 0 bridgehead atoms. The molecule has 0 aliphatic rings. The van der Waals surface area contributed by atoms with Crippen molar-refractivity contribution < 1.29 is 18.5 Å². The zero-order valence-electron chi connectivity index (χ0n) is 17.7. The first kappa shape index (κ1) is 24.3. The van der Waals surface area contributed by atoms with Crippen molar-refractivity contribution in [3.05, 3.63) is 83.2 Å². The first-order chi connectivity index (χ1) is 16.9. The van der Waals surface area contributed by atoms with E-state index >= 15 is 0 Å². The van der Waals surface area contributed by atoms with E-state index in [9.17, 15) is 23.7 Å². The number of nitrogens with zero attached hydrogens (tertiary/aromatic N) is 5. The topological polar surface area (TPSA) is 116 Å². The molecule has 0 fully saturated rings. The third kappa shape index (κ3) is 6.19. The number of carbonyl (C=O) groups excluding carboxylic acids is 1. The lowest BCUT2D eigenvalue weighted by Gasteiger charge is -2.11. The normalized spacial score (nSPS) is 10.9. The summed E-state index contributed by atoms with van der Waals surface area (Å²) in [4.78, 5) is 27.4. The Balaban J connectivity index is 1.57. The van der Waals surface area contributed by atoms with Gasteiger partial charge in [-0.1, -0.05) is 29.6 Å². The molecule has 0 radical (unpaired) electrons. The molecule has 13 heteroatoms. The number of nitro groups is 1. The molecule has 2 heterocycles. The van der Waals surface area contributed by atoms with Gasteiger partial charge in [0.2, 0.25) is 5.91 Å². The van der Waals surface area contributed by atoms with Crippen molar-refractivity contribution in [3.8, 4) is 17.1 Å². The second kappa shape index (κ2) is 11.1. The summed E-state index contributed by atoms with van der Waals surface area (Å²) in [6.45, 7) is 0. The lowest BCUT2D eigenvalue weighted by atomic mass is 10.2. The Labute approximate surface area is 206 Å². The monoisotopic (exact) mass is 514 g/mol. The summed E-state index contributed by atoms with van der Waals surface area (Å²) in [7, 11) is 0. The Hall–Kier alpha value is -3.84. The second-order valence-electron chi connectivity index (χ2n) is 6.90. The summed E-state index contributed by atoms with van der Waals surface area (Å²) in [5.74, 6) is -2.50. The smallest absolute Gasteiger partial charge is 0.288 e. The van der Waals surface area contributed by atoms with Crippen LogP contribution in [-0.4, -0.2) is 42.1 Å². The van der Waals surface area contributed by atoms with Crippen molar-refractivity contribution in [3.63, 3.8) is 0 Å². The number of carbonyl (C=O) groups is 1. The van der Waals surface area contributed by atoms with E-state index in [1.165, 1.54) is 18.2 Å². The van der Waals surface area contributed by atoms with Crippen molar-refractivity contribution in [2.24, 2.45) is 0 Å². The van der Waals surface area contributed by atoms with Gasteiger partial charge in [0.25, 0.3) is 11.4 Å². The highest BCUT2D eigenvalue weighted by Gasteiger charge is 2.18. The van der Waals surface area contributed by atoms with Crippen molar-refractivity contribution in [1.82, 2.24) is 19.7 Å². The van der Waals surface area contributed by atoms with Gasteiger partial charge < -0.3 is 5.32 Å². The quantitative estimate of drug-likeness (QED) is 0.182. The molecule has 35 heavy (non-hydrogen) atoms. The van der Waals surface area contributed by atoms with Crippen LogP contribution < -0.4 is 5.32 Å². The van der Waals surface area contributed by atoms with E-state index in [0.29, 0.717) is 44.6 Å². The minimum absolute atomic E-state index is 0.0484. The van der Waals surface area contributed by atoms with Crippen LogP contribution in [0, 0.1) is 10.1 Å². The molecule has 4 aromatic rings. The van der Waals surface area contributed by atoms with Gasteiger partial charge in [0.15, 0.2) is 11.0 Å². The number of thioether (sulfide) groups is 2. The highest BCUT2D eigenvalue weighted by atomic mass is 32.2. The van der Waals surface area contributed by atoms with Gasteiger partial charge in [-0.2, -0.15) is 8.78 Å². The van der Waals surface area contributed by atoms with E-state index in [-0.39, 0.29) is 11.4 Å². The number of rotatable bonds is 9. The molecule has 0 atom stereocenters. The molecule has 2 aromatic heterocycles. The SMILES string of the molecule is O=C(CSc1nnc(-c2cccnc2)n1-c1ccc(SC(F)F)cc1)Nc1cccc([N+](=O)[O-])c1. The number of halogens is 2. The summed E-state index contributed by atoms with van der Waals surface area (Å²) >= 11 is 1.55. The van der Waals surface area contributed by atoms with Crippen LogP contribution in [0.15, 0.2) is 83.1 Å². The van der Waals surface area contributed by atoms with Gasteiger partial charge in [0, 0.05) is 46.4 Å². The van der Waals surface area contributed by atoms with Crippen LogP contribution in [0.2, 0.25) is 0 Å². The summed E-state index contributed by atoms with van der Waals surface area (Å²) in [6.07, 6.45) is 3.24. The van der Waals surface area contributed by atoms with E-state index in [1.807, 2.05) is 0 Å². The number of hydrogen-bond donors (Lipinski definition) is 1. The van der Waals surface area contributed by atoms with Gasteiger partial charge in [-0.25, -0.2) is 0 Å². The van der Waals surface area contributed by atoms with Crippen LogP contribution in [0.4, 0.5) is 20.2 Å². The molecule has 0 saturated carbocycles. The molecule has 1 N–H and O–H groups in total. The maximum atomic E-state index is 12.7. The maximum absolute atomic E-state index is 12.7. The fourth-order valence-corrected chi connectivity index (χ4v) is 4.33. The van der Waals surface area contributed by atoms with Crippen molar-refractivity contribution in [2.75, 3.05) is 11.1 Å². The van der Waals surface area contributed by atoms with Gasteiger partial charge >= 0.3 is 0 Å². The Bertz CT molecular complexity index is 1340. The van der Waals surface area contributed by atoms with Crippen LogP contribution in [0.1, 0.15) is 0 Å². The molecule has 0 aliphatic heterocycles. The van der Waals surface area contributed by atoms with E-state index < -0.39 is 16.6 Å². The van der Waals surface area contributed by atoms with Gasteiger partial charge in [-0.15, -0.1) is 10.2 Å². The van der Waals surface area contributed by atoms with Crippen LogP contribution in [-0.2, 0) is 4.79 Å². The number of nitro benzene ring substituents is 1. The van der Waals surface area contributed by atoms with Crippen LogP contribution in [0.5, 0.6) is 0 Å². The van der Waals surface area contributed by atoms with E-state index in [0.717, 1.165) is 11.8 Å². The lowest BCUT2D eigenvalue weighted by Crippen LogP contribution is -2.14. The van der Waals surface area contributed by atoms with E-state index in [4.69, 9.17) is 0 Å². The highest BCUT2D eigenvalue weighted by Crippen LogP contribution is 2.30. The molecular formula is C22H16F2N6O3S2. The summed E-state index contributed by atoms with van der Waals surface area (Å²) in [5.41, 5.74) is 1.46. The third-order valence-corrected chi connectivity index (χ3v) is 6.20. The number of alkyl halides is 2. The molecule has 9 nitrogen and oxygen atoms in total. The van der Waals surface area contributed by atoms with Crippen molar-refractivity contribution in [2.45, 2.75) is 15.8 Å². The molecular weight excluding hydrogens is 498 g/mol. The fraction of sp³-hybridized carbons (Fsp3) is 0.0909. The summed E-state index contributed by atoms with van der Waals surface area (Å²) in [5, 5.41) is 22.4. The van der Waals surface area contributed by atoms with Crippen LogP contribution >= 0.6 is 23.5 Å². The Morgan fingerprint density at radius 3 is 2.60 bits per heavy atom. The summed E-state index contributed by atoms with van der Waals surface area (Å²) in [6, 6.07) is 15.7. The predicted octanol–water partition coefficient (Wildman–Crippen LogP) is 5.28. The van der Waals surface area contributed by atoms with Crippen LogP contribution in [0.25, 0.3) is 17.1 Å². The van der Waals surface area contributed by atoms with Gasteiger partial charge in [0.05, 0.1) is 10.7 Å². The van der Waals surface area contributed by atoms with Crippen molar-refractivity contribution in [1.29, 1.82) is 0 Å². The van der Waals surface area contributed by atoms with Gasteiger partial charge in [0.1, 0.15) is 0 Å². The second-order valence-corrected chi connectivity index (χ2v) is 8.91. The number of non-ortho nitro benzene ring substituents is 1. The zero-order chi connectivity index (χ0) is 24.8. The van der Waals surface area contributed by atoms with E-state index in [2.05, 4.69) is 20.5 Å². The van der Waals surface area contributed by atoms with Crippen molar-refractivity contribution >= 4 is 40.8 Å². The Kier molecular flexibility index (Phi) is 7.67. The number of aromatic nitrogens is 4. The molecule has 1 amide bonds.